The molecule has 0 spiro atoms. The molecule has 0 fully saturated rings. The van der Waals surface area contributed by atoms with E-state index >= 15 is 0 Å². The molecule has 3 aromatic rings. The molecule has 27 heavy (non-hydrogen) atoms. The van der Waals surface area contributed by atoms with E-state index in [2.05, 4.69) is 14.1 Å². The van der Waals surface area contributed by atoms with Crippen LogP contribution in [0.3, 0.4) is 0 Å². The molecule has 1 unspecified atom stereocenters. The molecular formula is C19H16N4O3S. The molecule has 1 atom stereocenters. The van der Waals surface area contributed by atoms with E-state index in [9.17, 15) is 9.59 Å². The van der Waals surface area contributed by atoms with Crippen LogP contribution in [0, 0.1) is 0 Å². The number of carbonyl (C=O) groups excluding carboxylic acids is 2. The SMILES string of the molecule is CCN1C(=O)COc2cc3c(cc21)NC(=O)CC3c1cccc2nsnc12. The number of amides is 2. The van der Waals surface area contributed by atoms with Gasteiger partial charge in [-0.1, -0.05) is 12.1 Å². The molecule has 1 N–H and O–H groups in total. The van der Waals surface area contributed by atoms with E-state index in [4.69, 9.17) is 4.74 Å². The van der Waals surface area contributed by atoms with Crippen molar-refractivity contribution in [1.29, 1.82) is 0 Å². The van der Waals surface area contributed by atoms with E-state index in [0.29, 0.717) is 30.1 Å². The molecule has 0 saturated heterocycles. The average molecular weight is 380 g/mol. The van der Waals surface area contributed by atoms with Crippen LogP contribution in [-0.2, 0) is 9.59 Å². The maximum absolute atomic E-state index is 12.4. The second kappa shape index (κ2) is 6.02. The van der Waals surface area contributed by atoms with Gasteiger partial charge in [0.1, 0.15) is 16.8 Å². The normalized spacial score (nSPS) is 18.7. The molecule has 5 rings (SSSR count). The molecule has 2 aliphatic heterocycles. The van der Waals surface area contributed by atoms with Crippen molar-refractivity contribution in [2.45, 2.75) is 19.3 Å². The van der Waals surface area contributed by atoms with Crippen LogP contribution in [0.25, 0.3) is 11.0 Å². The van der Waals surface area contributed by atoms with Crippen LogP contribution in [0.4, 0.5) is 11.4 Å². The Morgan fingerprint density at radius 3 is 3.00 bits per heavy atom. The summed E-state index contributed by atoms with van der Waals surface area (Å²) in [4.78, 5) is 26.2. The van der Waals surface area contributed by atoms with E-state index in [-0.39, 0.29) is 24.3 Å². The molecule has 2 aliphatic rings. The predicted octanol–water partition coefficient (Wildman–Crippen LogP) is 2.91. The lowest BCUT2D eigenvalue weighted by Gasteiger charge is -2.32. The first kappa shape index (κ1) is 16.2. The van der Waals surface area contributed by atoms with Gasteiger partial charge in [-0.15, -0.1) is 0 Å². The summed E-state index contributed by atoms with van der Waals surface area (Å²) in [6, 6.07) is 9.65. The Morgan fingerprint density at radius 2 is 2.15 bits per heavy atom. The van der Waals surface area contributed by atoms with Gasteiger partial charge in [0.05, 0.1) is 17.4 Å². The van der Waals surface area contributed by atoms with E-state index < -0.39 is 0 Å². The van der Waals surface area contributed by atoms with Crippen molar-refractivity contribution in [1.82, 2.24) is 8.75 Å². The summed E-state index contributed by atoms with van der Waals surface area (Å²) < 4.78 is 14.4. The molecule has 3 heterocycles. The molecule has 1 aromatic heterocycles. The summed E-state index contributed by atoms with van der Waals surface area (Å²) in [6.45, 7) is 2.50. The molecule has 0 aliphatic carbocycles. The molecule has 0 bridgehead atoms. The first-order valence-electron chi connectivity index (χ1n) is 8.78. The summed E-state index contributed by atoms with van der Waals surface area (Å²) in [7, 11) is 0. The zero-order valence-electron chi connectivity index (χ0n) is 14.6. The van der Waals surface area contributed by atoms with E-state index in [1.54, 1.807) is 4.90 Å². The van der Waals surface area contributed by atoms with Crippen molar-refractivity contribution in [3.63, 3.8) is 0 Å². The molecule has 136 valence electrons. The average Bonchev–Trinajstić information content (AvgIpc) is 3.15. The van der Waals surface area contributed by atoms with E-state index in [0.717, 1.165) is 22.2 Å². The second-order valence-electron chi connectivity index (χ2n) is 6.62. The fraction of sp³-hybridized carbons (Fsp3) is 0.263. The topological polar surface area (TPSA) is 84.4 Å². The number of nitrogens with one attached hydrogen (secondary N) is 1. The maximum Gasteiger partial charge on any atom is 0.265 e. The minimum absolute atomic E-state index is 0.0300. The Kier molecular flexibility index (Phi) is 3.61. The van der Waals surface area contributed by atoms with Crippen molar-refractivity contribution in [3.05, 3.63) is 41.5 Å². The highest BCUT2D eigenvalue weighted by molar-refractivity contribution is 7.00. The standard InChI is InChI=1S/C19H16N4O3S/c1-2-23-15-8-14-12(6-16(15)26-9-18(23)25)11(7-17(24)20-14)10-4-3-5-13-19(10)22-27-21-13/h3-6,8,11H,2,7,9H2,1H3,(H,20,24). The van der Waals surface area contributed by atoms with Gasteiger partial charge in [-0.3, -0.25) is 9.59 Å². The van der Waals surface area contributed by atoms with Gasteiger partial charge in [-0.05, 0) is 36.2 Å². The number of hydrogen-bond donors (Lipinski definition) is 1. The number of anilines is 2. The van der Waals surface area contributed by atoms with Crippen molar-refractivity contribution >= 4 is 46.0 Å². The Labute approximate surface area is 159 Å². The first-order valence-corrected chi connectivity index (χ1v) is 9.51. The number of hydrogen-bond acceptors (Lipinski definition) is 6. The van der Waals surface area contributed by atoms with Gasteiger partial charge in [0.25, 0.3) is 5.91 Å². The van der Waals surface area contributed by atoms with Crippen molar-refractivity contribution in [2.75, 3.05) is 23.4 Å². The quantitative estimate of drug-likeness (QED) is 0.739. The van der Waals surface area contributed by atoms with E-state index in [1.165, 1.54) is 11.7 Å². The van der Waals surface area contributed by atoms with Crippen LogP contribution in [0.2, 0.25) is 0 Å². The van der Waals surface area contributed by atoms with Crippen LogP contribution >= 0.6 is 11.7 Å². The number of carbonyl (C=O) groups is 2. The third-order valence-corrected chi connectivity index (χ3v) is 5.66. The minimum atomic E-state index is -0.136. The van der Waals surface area contributed by atoms with Crippen LogP contribution in [0.15, 0.2) is 30.3 Å². The predicted molar refractivity (Wildman–Crippen MR) is 102 cm³/mol. The number of aromatic nitrogens is 2. The number of fused-ring (bicyclic) bond motifs is 3. The summed E-state index contributed by atoms with van der Waals surface area (Å²) >= 11 is 1.17. The summed E-state index contributed by atoms with van der Waals surface area (Å²) in [6.07, 6.45) is 0.332. The number of likely N-dealkylation sites (N-methyl/N-ethyl adjacent to an activating group) is 1. The van der Waals surface area contributed by atoms with Gasteiger partial charge in [-0.25, -0.2) is 0 Å². The molecule has 2 amide bonds. The van der Waals surface area contributed by atoms with Crippen LogP contribution < -0.4 is 15.0 Å². The Morgan fingerprint density at radius 1 is 1.26 bits per heavy atom. The molecule has 7 nitrogen and oxygen atoms in total. The summed E-state index contributed by atoms with van der Waals surface area (Å²) in [5.41, 5.74) is 5.03. The maximum atomic E-state index is 12.4. The number of rotatable bonds is 2. The fourth-order valence-electron chi connectivity index (χ4n) is 3.89. The van der Waals surface area contributed by atoms with E-state index in [1.807, 2.05) is 37.3 Å². The number of benzene rings is 2. The Balaban J connectivity index is 1.69. The van der Waals surface area contributed by atoms with Crippen molar-refractivity contribution in [2.24, 2.45) is 0 Å². The van der Waals surface area contributed by atoms with Gasteiger partial charge in [0.15, 0.2) is 6.61 Å². The van der Waals surface area contributed by atoms with Gasteiger partial charge < -0.3 is 15.0 Å². The lowest BCUT2D eigenvalue weighted by molar-refractivity contribution is -0.121. The second-order valence-corrected chi connectivity index (χ2v) is 7.15. The monoisotopic (exact) mass is 380 g/mol. The summed E-state index contributed by atoms with van der Waals surface area (Å²) in [5, 5.41) is 2.95. The lowest BCUT2D eigenvalue weighted by atomic mass is 9.83. The highest BCUT2D eigenvalue weighted by Gasteiger charge is 2.33. The number of ether oxygens (including phenoxy) is 1. The molecular weight excluding hydrogens is 364 g/mol. The van der Waals surface area contributed by atoms with Crippen LogP contribution in [0.1, 0.15) is 30.4 Å². The van der Waals surface area contributed by atoms with Crippen molar-refractivity contribution < 1.29 is 14.3 Å². The fourth-order valence-corrected chi connectivity index (χ4v) is 4.44. The summed E-state index contributed by atoms with van der Waals surface area (Å²) in [5.74, 6) is 0.392. The highest BCUT2D eigenvalue weighted by Crippen LogP contribution is 2.45. The molecule has 0 radical (unpaired) electrons. The van der Waals surface area contributed by atoms with Crippen LogP contribution in [0.5, 0.6) is 5.75 Å². The highest BCUT2D eigenvalue weighted by atomic mass is 32.1. The smallest absolute Gasteiger partial charge is 0.265 e. The van der Waals surface area contributed by atoms with Crippen LogP contribution in [-0.4, -0.2) is 33.7 Å². The van der Waals surface area contributed by atoms with Gasteiger partial charge in [-0.2, -0.15) is 8.75 Å². The zero-order valence-corrected chi connectivity index (χ0v) is 15.4. The van der Waals surface area contributed by atoms with Gasteiger partial charge in [0, 0.05) is 24.6 Å². The third kappa shape index (κ3) is 2.48. The van der Waals surface area contributed by atoms with Gasteiger partial charge in [0.2, 0.25) is 5.91 Å². The Hall–Kier alpha value is -3.00. The zero-order chi connectivity index (χ0) is 18.5. The molecule has 2 aromatic carbocycles. The first-order chi connectivity index (χ1) is 13.2. The van der Waals surface area contributed by atoms with Crippen molar-refractivity contribution in [3.8, 4) is 5.75 Å². The number of nitrogens with zero attached hydrogens (tertiary/aromatic N) is 3. The molecule has 0 saturated carbocycles. The largest absolute Gasteiger partial charge is 0.482 e. The third-order valence-electron chi connectivity index (χ3n) is 5.12. The van der Waals surface area contributed by atoms with Gasteiger partial charge >= 0.3 is 0 Å². The minimum Gasteiger partial charge on any atom is -0.482 e. The molecule has 8 heteroatoms. The lowest BCUT2D eigenvalue weighted by Crippen LogP contribution is -2.39. The Bertz CT molecular complexity index is 1090.